The van der Waals surface area contributed by atoms with Crippen molar-refractivity contribution in [1.29, 1.82) is 0 Å². The SMILES string of the molecule is Cc1c([C@@H](c2ccc(C(C)(C)C)cc2)[C@]2(c3ccccc3)N=C(c3ccccc3)OC2=O)[nH]c2ccccc12. The van der Waals surface area contributed by atoms with Gasteiger partial charge in [0.05, 0.1) is 5.92 Å². The monoisotopic (exact) mass is 512 g/mol. The van der Waals surface area contributed by atoms with Crippen molar-refractivity contribution >= 4 is 22.8 Å². The van der Waals surface area contributed by atoms with E-state index in [1.807, 2.05) is 72.8 Å². The fourth-order valence-electron chi connectivity index (χ4n) is 5.71. The molecule has 4 nitrogen and oxygen atoms in total. The molecule has 5 aromatic rings. The van der Waals surface area contributed by atoms with Crippen LogP contribution in [-0.2, 0) is 20.5 Å². The van der Waals surface area contributed by atoms with Crippen LogP contribution in [0.15, 0.2) is 114 Å². The number of nitrogens with one attached hydrogen (secondary N) is 1. The zero-order chi connectivity index (χ0) is 27.2. The lowest BCUT2D eigenvalue weighted by atomic mass is 9.72. The number of esters is 1. The van der Waals surface area contributed by atoms with E-state index in [4.69, 9.17) is 9.73 Å². The molecule has 2 heterocycles. The Morgan fingerprint density at radius 2 is 1.41 bits per heavy atom. The molecule has 0 saturated carbocycles. The predicted octanol–water partition coefficient (Wildman–Crippen LogP) is 7.80. The normalized spacial score (nSPS) is 18.2. The molecule has 0 spiro atoms. The molecule has 39 heavy (non-hydrogen) atoms. The summed E-state index contributed by atoms with van der Waals surface area (Å²) in [6.07, 6.45) is 0. The van der Waals surface area contributed by atoms with E-state index in [9.17, 15) is 4.79 Å². The van der Waals surface area contributed by atoms with Crippen LogP contribution in [0.2, 0.25) is 0 Å². The van der Waals surface area contributed by atoms with E-state index in [0.29, 0.717) is 5.90 Å². The highest BCUT2D eigenvalue weighted by Gasteiger charge is 2.55. The van der Waals surface area contributed by atoms with E-state index in [1.165, 1.54) is 5.56 Å². The fourth-order valence-corrected chi connectivity index (χ4v) is 5.71. The standard InChI is InChI=1S/C35H32N2O2/c1-23-28-17-11-12-18-29(28)36-31(23)30(24-19-21-26(22-20-24)34(2,3)4)35(27-15-9-6-10-16-27)33(38)39-32(37-35)25-13-7-5-8-14-25/h5-22,30,36H,1-4H3/t30-,35+/m1/s1. The molecular formula is C35H32N2O2. The van der Waals surface area contributed by atoms with Crippen molar-refractivity contribution in [3.8, 4) is 0 Å². The van der Waals surface area contributed by atoms with Gasteiger partial charge in [-0.25, -0.2) is 9.79 Å². The van der Waals surface area contributed by atoms with Crippen LogP contribution in [-0.4, -0.2) is 16.9 Å². The average molecular weight is 513 g/mol. The molecule has 0 bridgehead atoms. The van der Waals surface area contributed by atoms with Crippen LogP contribution < -0.4 is 0 Å². The van der Waals surface area contributed by atoms with Crippen LogP contribution in [0.5, 0.6) is 0 Å². The summed E-state index contributed by atoms with van der Waals surface area (Å²) in [7, 11) is 0. The Morgan fingerprint density at radius 3 is 2.05 bits per heavy atom. The summed E-state index contributed by atoms with van der Waals surface area (Å²) in [5, 5.41) is 1.13. The highest BCUT2D eigenvalue weighted by molar-refractivity contribution is 6.09. The number of hydrogen-bond acceptors (Lipinski definition) is 3. The number of aryl methyl sites for hydroxylation is 1. The minimum Gasteiger partial charge on any atom is -0.405 e. The van der Waals surface area contributed by atoms with Crippen LogP contribution in [0.1, 0.15) is 60.2 Å². The van der Waals surface area contributed by atoms with E-state index in [-0.39, 0.29) is 11.4 Å². The zero-order valence-electron chi connectivity index (χ0n) is 22.7. The van der Waals surface area contributed by atoms with Crippen molar-refractivity contribution in [2.45, 2.75) is 44.6 Å². The number of nitrogens with zero attached hydrogens (tertiary/aromatic N) is 1. The van der Waals surface area contributed by atoms with Crippen LogP contribution in [0.4, 0.5) is 0 Å². The van der Waals surface area contributed by atoms with E-state index in [0.717, 1.165) is 38.9 Å². The maximum absolute atomic E-state index is 14.3. The Hall–Kier alpha value is -4.44. The van der Waals surface area contributed by atoms with Gasteiger partial charge in [0, 0.05) is 22.2 Å². The van der Waals surface area contributed by atoms with Crippen molar-refractivity contribution < 1.29 is 9.53 Å². The van der Waals surface area contributed by atoms with Crippen molar-refractivity contribution in [2.24, 2.45) is 4.99 Å². The first-order valence-corrected chi connectivity index (χ1v) is 13.4. The number of cyclic esters (lactones) is 1. The third-order valence-electron chi connectivity index (χ3n) is 7.83. The molecule has 0 amide bonds. The minimum atomic E-state index is -1.32. The lowest BCUT2D eigenvalue weighted by Crippen LogP contribution is -2.39. The number of ether oxygens (including phenoxy) is 1. The average Bonchev–Trinajstić information content (AvgIpc) is 3.47. The Bertz CT molecular complexity index is 1680. The van der Waals surface area contributed by atoms with Gasteiger partial charge in [0.15, 0.2) is 5.54 Å². The molecule has 0 unspecified atom stereocenters. The molecular weight excluding hydrogens is 480 g/mol. The van der Waals surface area contributed by atoms with E-state index in [1.54, 1.807) is 0 Å². The van der Waals surface area contributed by atoms with Gasteiger partial charge in [-0.15, -0.1) is 0 Å². The van der Waals surface area contributed by atoms with Gasteiger partial charge in [0.2, 0.25) is 5.90 Å². The first-order chi connectivity index (χ1) is 18.8. The third-order valence-corrected chi connectivity index (χ3v) is 7.83. The predicted molar refractivity (Wildman–Crippen MR) is 157 cm³/mol. The Balaban J connectivity index is 1.66. The van der Waals surface area contributed by atoms with Crippen molar-refractivity contribution in [3.63, 3.8) is 0 Å². The van der Waals surface area contributed by atoms with Gasteiger partial charge in [0.1, 0.15) is 0 Å². The van der Waals surface area contributed by atoms with Crippen LogP contribution in [0.3, 0.4) is 0 Å². The molecule has 0 radical (unpaired) electrons. The fraction of sp³-hybridized carbons (Fsp3) is 0.200. The maximum Gasteiger partial charge on any atom is 0.346 e. The summed E-state index contributed by atoms with van der Waals surface area (Å²) in [4.78, 5) is 23.1. The van der Waals surface area contributed by atoms with Crippen molar-refractivity contribution in [1.82, 2.24) is 4.98 Å². The number of para-hydroxylation sites is 1. The Labute approximate surface area is 229 Å². The van der Waals surface area contributed by atoms with Crippen molar-refractivity contribution in [2.75, 3.05) is 0 Å². The number of fused-ring (bicyclic) bond motifs is 1. The number of hydrogen-bond donors (Lipinski definition) is 1. The number of rotatable bonds is 5. The number of carbonyl (C=O) groups is 1. The Kier molecular flexibility index (Phi) is 5.99. The van der Waals surface area contributed by atoms with Crippen LogP contribution in [0, 0.1) is 6.92 Å². The quantitative estimate of drug-likeness (QED) is 0.244. The first-order valence-electron chi connectivity index (χ1n) is 13.4. The first kappa shape index (κ1) is 24.9. The highest BCUT2D eigenvalue weighted by atomic mass is 16.6. The smallest absolute Gasteiger partial charge is 0.346 e. The summed E-state index contributed by atoms with van der Waals surface area (Å²) < 4.78 is 6.03. The number of benzene rings is 4. The number of aromatic amines is 1. The maximum atomic E-state index is 14.3. The lowest BCUT2D eigenvalue weighted by molar-refractivity contribution is -0.140. The summed E-state index contributed by atoms with van der Waals surface area (Å²) in [5.41, 5.74) is 5.58. The van der Waals surface area contributed by atoms with Gasteiger partial charge in [0.25, 0.3) is 0 Å². The molecule has 1 aliphatic heterocycles. The van der Waals surface area contributed by atoms with Gasteiger partial charge in [-0.2, -0.15) is 0 Å². The largest absolute Gasteiger partial charge is 0.405 e. The van der Waals surface area contributed by atoms with E-state index < -0.39 is 11.5 Å². The summed E-state index contributed by atoms with van der Waals surface area (Å²) in [5.74, 6) is -0.486. The van der Waals surface area contributed by atoms with Crippen LogP contribution >= 0.6 is 0 Å². The highest BCUT2D eigenvalue weighted by Crippen LogP contribution is 2.50. The van der Waals surface area contributed by atoms with Crippen LogP contribution in [0.25, 0.3) is 10.9 Å². The Morgan fingerprint density at radius 1 is 0.795 bits per heavy atom. The molecule has 4 aromatic carbocycles. The summed E-state index contributed by atoms with van der Waals surface area (Å²) in [6, 6.07) is 36.4. The molecule has 1 N–H and O–H groups in total. The summed E-state index contributed by atoms with van der Waals surface area (Å²) >= 11 is 0. The molecule has 4 heteroatoms. The molecule has 1 aromatic heterocycles. The molecule has 1 aliphatic rings. The van der Waals surface area contributed by atoms with Gasteiger partial charge < -0.3 is 9.72 Å². The number of aromatic nitrogens is 1. The van der Waals surface area contributed by atoms with Crippen molar-refractivity contribution in [3.05, 3.63) is 143 Å². The second kappa shape index (κ2) is 9.39. The van der Waals surface area contributed by atoms with Gasteiger partial charge in [-0.1, -0.05) is 112 Å². The second-order valence-corrected chi connectivity index (χ2v) is 11.3. The van der Waals surface area contributed by atoms with E-state index in [2.05, 4.69) is 69.1 Å². The molecule has 194 valence electrons. The van der Waals surface area contributed by atoms with E-state index >= 15 is 0 Å². The minimum absolute atomic E-state index is 0.00704. The second-order valence-electron chi connectivity index (χ2n) is 11.3. The molecule has 0 saturated heterocycles. The number of carbonyl (C=O) groups excluding carboxylic acids is 1. The zero-order valence-corrected chi connectivity index (χ0v) is 22.7. The molecule has 0 aliphatic carbocycles. The van der Waals surface area contributed by atoms with Gasteiger partial charge in [-0.3, -0.25) is 0 Å². The molecule has 6 rings (SSSR count). The van der Waals surface area contributed by atoms with Gasteiger partial charge in [-0.05, 0) is 52.8 Å². The lowest BCUT2D eigenvalue weighted by Gasteiger charge is -2.33. The summed E-state index contributed by atoms with van der Waals surface area (Å²) in [6.45, 7) is 8.73. The molecule has 0 fully saturated rings. The van der Waals surface area contributed by atoms with Gasteiger partial charge >= 0.3 is 5.97 Å². The topological polar surface area (TPSA) is 54.4 Å². The number of aliphatic imine (C=N–C) groups is 1. The molecule has 2 atom stereocenters. The number of H-pyrrole nitrogens is 1. The third kappa shape index (κ3) is 4.17.